The van der Waals surface area contributed by atoms with Crippen molar-refractivity contribution in [2.45, 2.75) is 0 Å². The highest BCUT2D eigenvalue weighted by Gasteiger charge is 2.34. The molecule has 0 saturated carbocycles. The first-order valence-electron chi connectivity index (χ1n) is 10.7. The second-order valence-electron chi connectivity index (χ2n) is 7.52. The van der Waals surface area contributed by atoms with Crippen molar-refractivity contribution in [3.63, 3.8) is 0 Å². The summed E-state index contributed by atoms with van der Waals surface area (Å²) in [7, 11) is 0. The fraction of sp³-hybridized carbons (Fsp3) is 0.0800. The Labute approximate surface area is 209 Å². The number of hydrogen-bond acceptors (Lipinski definition) is 7. The van der Waals surface area contributed by atoms with Crippen molar-refractivity contribution in [1.82, 2.24) is 25.0 Å². The molecule has 4 heterocycles. The molecule has 1 N–H and O–H groups in total. The van der Waals surface area contributed by atoms with Gasteiger partial charge in [0, 0.05) is 25.5 Å². The van der Waals surface area contributed by atoms with Crippen LogP contribution < -0.4 is 5.32 Å². The number of hydrogen-bond donors (Lipinski definition) is 1. The largest absolute Gasteiger partial charge is 0.349 e. The van der Waals surface area contributed by atoms with Crippen molar-refractivity contribution in [2.24, 2.45) is 0 Å². The number of aromatic nitrogens is 3. The molecule has 8 nitrogen and oxygen atoms in total. The lowest BCUT2D eigenvalue weighted by molar-refractivity contribution is -0.122. The summed E-state index contributed by atoms with van der Waals surface area (Å²) in [6.07, 6.45) is 4.90. The molecule has 1 fully saturated rings. The minimum absolute atomic E-state index is 0.0675. The molecular weight excluding hydrogens is 482 g/mol. The maximum atomic E-state index is 13.1. The number of pyridine rings is 1. The first-order valence-corrected chi connectivity index (χ1v) is 12.4. The van der Waals surface area contributed by atoms with Crippen LogP contribution in [0.1, 0.15) is 16.1 Å². The number of carbonyl (C=O) groups excluding carboxylic acids is 3. The van der Waals surface area contributed by atoms with Gasteiger partial charge in [-0.15, -0.1) is 11.3 Å². The van der Waals surface area contributed by atoms with Crippen molar-refractivity contribution in [1.29, 1.82) is 0 Å². The van der Waals surface area contributed by atoms with Crippen LogP contribution in [0.2, 0.25) is 0 Å². The zero-order chi connectivity index (χ0) is 24.2. The zero-order valence-electron chi connectivity index (χ0n) is 18.3. The Morgan fingerprint density at radius 2 is 1.91 bits per heavy atom. The van der Waals surface area contributed by atoms with Crippen LogP contribution in [-0.2, 0) is 4.79 Å². The lowest BCUT2D eigenvalue weighted by atomic mass is 10.2. The van der Waals surface area contributed by atoms with E-state index in [4.69, 9.17) is 0 Å². The molecule has 0 unspecified atom stereocenters. The van der Waals surface area contributed by atoms with E-state index in [0.29, 0.717) is 16.3 Å². The minimum atomic E-state index is -0.382. The summed E-state index contributed by atoms with van der Waals surface area (Å²) in [6.45, 7) is 0.184. The lowest BCUT2D eigenvalue weighted by Gasteiger charge is -2.13. The SMILES string of the molecule is O=C(NCCN1C(=O)S/C(=C/c2cccnc2)C1=O)c1cc(-c2cccs2)nn1-c1ccccc1. The van der Waals surface area contributed by atoms with E-state index in [-0.39, 0.29) is 30.1 Å². The number of amides is 3. The average molecular weight is 502 g/mol. The molecule has 1 saturated heterocycles. The van der Waals surface area contributed by atoms with Crippen LogP contribution >= 0.6 is 23.1 Å². The number of thiophene rings is 1. The van der Waals surface area contributed by atoms with E-state index in [1.54, 1.807) is 46.6 Å². The van der Waals surface area contributed by atoms with Gasteiger partial charge in [-0.25, -0.2) is 4.68 Å². The first kappa shape index (κ1) is 22.8. The van der Waals surface area contributed by atoms with Gasteiger partial charge in [0.15, 0.2) is 0 Å². The van der Waals surface area contributed by atoms with E-state index >= 15 is 0 Å². The third-order valence-corrected chi connectivity index (χ3v) is 6.99. The molecule has 0 aliphatic carbocycles. The van der Waals surface area contributed by atoms with Crippen LogP contribution in [0, 0.1) is 0 Å². The van der Waals surface area contributed by atoms with Crippen LogP contribution in [0.25, 0.3) is 22.3 Å². The summed E-state index contributed by atoms with van der Waals surface area (Å²) < 4.78 is 1.60. The van der Waals surface area contributed by atoms with Crippen molar-refractivity contribution in [2.75, 3.05) is 13.1 Å². The summed E-state index contributed by atoms with van der Waals surface area (Å²) in [5.74, 6) is -0.727. The maximum Gasteiger partial charge on any atom is 0.293 e. The van der Waals surface area contributed by atoms with Crippen molar-refractivity contribution in [3.8, 4) is 16.3 Å². The van der Waals surface area contributed by atoms with Crippen molar-refractivity contribution in [3.05, 3.63) is 94.6 Å². The summed E-state index contributed by atoms with van der Waals surface area (Å²) >= 11 is 2.42. The molecule has 1 aliphatic heterocycles. The fourth-order valence-electron chi connectivity index (χ4n) is 3.53. The van der Waals surface area contributed by atoms with E-state index in [0.717, 1.165) is 32.8 Å². The number of carbonyl (C=O) groups is 3. The monoisotopic (exact) mass is 501 g/mol. The Hall–Kier alpha value is -4.02. The number of imide groups is 1. The van der Waals surface area contributed by atoms with Gasteiger partial charge < -0.3 is 5.32 Å². The van der Waals surface area contributed by atoms with Gasteiger partial charge in [0.2, 0.25) is 0 Å². The Balaban J connectivity index is 1.29. The van der Waals surface area contributed by atoms with Gasteiger partial charge in [-0.05, 0) is 59.1 Å². The third kappa shape index (κ3) is 4.93. The van der Waals surface area contributed by atoms with Gasteiger partial charge >= 0.3 is 0 Å². The Bertz CT molecular complexity index is 1400. The Kier molecular flexibility index (Phi) is 6.55. The number of para-hydroxylation sites is 1. The highest BCUT2D eigenvalue weighted by molar-refractivity contribution is 8.18. The van der Waals surface area contributed by atoms with Crippen molar-refractivity contribution < 1.29 is 14.4 Å². The summed E-state index contributed by atoms with van der Waals surface area (Å²) in [4.78, 5) is 44.6. The number of nitrogens with one attached hydrogen (secondary N) is 1. The van der Waals surface area contributed by atoms with Crippen LogP contribution in [-0.4, -0.2) is 49.8 Å². The summed E-state index contributed by atoms with van der Waals surface area (Å²) in [5.41, 5.74) is 2.56. The third-order valence-electron chi connectivity index (χ3n) is 5.19. The van der Waals surface area contributed by atoms with Gasteiger partial charge in [0.25, 0.3) is 17.1 Å². The molecular formula is C25H19N5O3S2. The van der Waals surface area contributed by atoms with Gasteiger partial charge in [-0.2, -0.15) is 5.10 Å². The quantitative estimate of drug-likeness (QED) is 0.376. The number of thioether (sulfide) groups is 1. The van der Waals surface area contributed by atoms with Crippen LogP contribution in [0.3, 0.4) is 0 Å². The first-order chi connectivity index (χ1) is 17.1. The number of nitrogens with zero attached hydrogens (tertiary/aromatic N) is 4. The van der Waals surface area contributed by atoms with Crippen molar-refractivity contribution >= 4 is 46.2 Å². The predicted octanol–water partition coefficient (Wildman–Crippen LogP) is 4.46. The van der Waals surface area contributed by atoms with Gasteiger partial charge in [-0.3, -0.25) is 24.3 Å². The zero-order valence-corrected chi connectivity index (χ0v) is 20.0. The Morgan fingerprint density at radius 1 is 1.06 bits per heavy atom. The smallest absolute Gasteiger partial charge is 0.293 e. The van der Waals surface area contributed by atoms with Gasteiger partial charge in [0.1, 0.15) is 11.4 Å². The molecule has 0 bridgehead atoms. The van der Waals surface area contributed by atoms with Crippen LogP contribution in [0.4, 0.5) is 4.79 Å². The second kappa shape index (κ2) is 10.1. The lowest BCUT2D eigenvalue weighted by Crippen LogP contribution is -2.37. The predicted molar refractivity (Wildman–Crippen MR) is 136 cm³/mol. The van der Waals surface area contributed by atoms with Crippen LogP contribution in [0.5, 0.6) is 0 Å². The average Bonchev–Trinajstić information content (AvgIpc) is 3.62. The highest BCUT2D eigenvalue weighted by Crippen LogP contribution is 2.31. The van der Waals surface area contributed by atoms with Gasteiger partial charge in [-0.1, -0.05) is 30.3 Å². The molecule has 1 aliphatic rings. The highest BCUT2D eigenvalue weighted by atomic mass is 32.2. The normalized spacial score (nSPS) is 14.6. The number of benzene rings is 1. The molecule has 0 spiro atoms. The van der Waals surface area contributed by atoms with E-state index in [1.807, 2.05) is 53.9 Å². The molecule has 0 radical (unpaired) electrons. The fourth-order valence-corrected chi connectivity index (χ4v) is 5.08. The van der Waals surface area contributed by atoms with Gasteiger partial charge in [0.05, 0.1) is 15.5 Å². The molecule has 3 aromatic heterocycles. The molecule has 35 heavy (non-hydrogen) atoms. The molecule has 3 amide bonds. The molecule has 10 heteroatoms. The maximum absolute atomic E-state index is 13.1. The second-order valence-corrected chi connectivity index (χ2v) is 9.46. The summed E-state index contributed by atoms with van der Waals surface area (Å²) in [6, 6.07) is 18.6. The molecule has 0 atom stereocenters. The minimum Gasteiger partial charge on any atom is -0.349 e. The summed E-state index contributed by atoms with van der Waals surface area (Å²) in [5, 5.41) is 9.04. The van der Waals surface area contributed by atoms with E-state index in [9.17, 15) is 14.4 Å². The van der Waals surface area contributed by atoms with E-state index in [2.05, 4.69) is 15.4 Å². The molecule has 5 rings (SSSR count). The standard InChI is InChI=1S/C25H19N5O3S2/c31-23(20-15-19(21-9-5-13-34-21)28-30(20)18-7-2-1-3-8-18)27-11-12-29-24(32)22(35-25(29)33)14-17-6-4-10-26-16-17/h1-10,13-16H,11-12H2,(H,27,31)/b22-14+. The molecule has 4 aromatic rings. The molecule has 174 valence electrons. The molecule has 1 aromatic carbocycles. The van der Waals surface area contributed by atoms with E-state index < -0.39 is 0 Å². The van der Waals surface area contributed by atoms with E-state index in [1.165, 1.54) is 0 Å². The Morgan fingerprint density at radius 3 is 2.66 bits per heavy atom. The number of rotatable bonds is 7. The topological polar surface area (TPSA) is 97.2 Å². The van der Waals surface area contributed by atoms with Crippen LogP contribution in [0.15, 0.2) is 83.3 Å².